The second kappa shape index (κ2) is 7.04. The van der Waals surface area contributed by atoms with Crippen LogP contribution >= 0.6 is 22.6 Å². The van der Waals surface area contributed by atoms with Crippen LogP contribution in [0.2, 0.25) is 0 Å². The zero-order valence-corrected chi connectivity index (χ0v) is 12.7. The van der Waals surface area contributed by atoms with Crippen molar-refractivity contribution in [3.05, 3.63) is 57.7 Å². The van der Waals surface area contributed by atoms with Crippen molar-refractivity contribution in [2.75, 3.05) is 11.9 Å². The minimum absolute atomic E-state index is 0.0775. The molecule has 5 heteroatoms. The van der Waals surface area contributed by atoms with Crippen LogP contribution in [0.1, 0.15) is 10.4 Å². The van der Waals surface area contributed by atoms with E-state index in [0.717, 1.165) is 15.5 Å². The van der Waals surface area contributed by atoms with Crippen LogP contribution in [0.4, 0.5) is 5.69 Å². The Labute approximate surface area is 130 Å². The first-order chi connectivity index (χ1) is 9.67. The van der Waals surface area contributed by atoms with E-state index in [-0.39, 0.29) is 12.5 Å². The van der Waals surface area contributed by atoms with Crippen LogP contribution in [0.5, 0.6) is 5.75 Å². The van der Waals surface area contributed by atoms with Gasteiger partial charge in [0.1, 0.15) is 12.0 Å². The molecule has 0 bridgehead atoms. The molecule has 4 nitrogen and oxygen atoms in total. The van der Waals surface area contributed by atoms with Crippen molar-refractivity contribution in [1.82, 2.24) is 0 Å². The number of rotatable bonds is 5. The van der Waals surface area contributed by atoms with Crippen molar-refractivity contribution in [2.45, 2.75) is 0 Å². The second-order valence-electron chi connectivity index (χ2n) is 4.03. The summed E-state index contributed by atoms with van der Waals surface area (Å²) >= 11 is 2.18. The molecule has 1 N–H and O–H groups in total. The van der Waals surface area contributed by atoms with Crippen LogP contribution in [-0.4, -0.2) is 18.8 Å². The molecule has 0 unspecified atom stereocenters. The van der Waals surface area contributed by atoms with E-state index in [0.29, 0.717) is 11.3 Å². The largest absolute Gasteiger partial charge is 0.484 e. The van der Waals surface area contributed by atoms with E-state index in [4.69, 9.17) is 4.74 Å². The number of aldehydes is 1. The number of nitrogens with one attached hydrogen (secondary N) is 1. The minimum atomic E-state index is -0.230. The summed E-state index contributed by atoms with van der Waals surface area (Å²) in [5.74, 6) is 0.319. The molecule has 2 aromatic carbocycles. The van der Waals surface area contributed by atoms with Crippen molar-refractivity contribution in [3.63, 3.8) is 0 Å². The topological polar surface area (TPSA) is 55.4 Å². The Hall–Kier alpha value is -1.89. The first-order valence-electron chi connectivity index (χ1n) is 5.91. The number of benzene rings is 2. The fourth-order valence-corrected chi connectivity index (χ4v) is 2.10. The van der Waals surface area contributed by atoms with Gasteiger partial charge >= 0.3 is 0 Å². The molecule has 1 amide bonds. The molecule has 0 aliphatic rings. The number of ether oxygens (including phenoxy) is 1. The predicted molar refractivity (Wildman–Crippen MR) is 85.1 cm³/mol. The maximum absolute atomic E-state index is 11.7. The van der Waals surface area contributed by atoms with Crippen molar-refractivity contribution < 1.29 is 14.3 Å². The van der Waals surface area contributed by atoms with Gasteiger partial charge in [-0.15, -0.1) is 0 Å². The fourth-order valence-electron chi connectivity index (χ4n) is 1.55. The van der Waals surface area contributed by atoms with Gasteiger partial charge in [-0.2, -0.15) is 0 Å². The highest BCUT2D eigenvalue weighted by Crippen LogP contribution is 2.13. The number of anilines is 1. The first kappa shape index (κ1) is 14.5. The van der Waals surface area contributed by atoms with Crippen molar-refractivity contribution >= 4 is 40.5 Å². The third kappa shape index (κ3) is 4.34. The van der Waals surface area contributed by atoms with Gasteiger partial charge in [-0.25, -0.2) is 0 Å². The van der Waals surface area contributed by atoms with Crippen LogP contribution in [0, 0.1) is 3.57 Å². The van der Waals surface area contributed by atoms with E-state index in [9.17, 15) is 9.59 Å². The van der Waals surface area contributed by atoms with Gasteiger partial charge in [0.05, 0.1) is 0 Å². The Morgan fingerprint density at radius 3 is 2.60 bits per heavy atom. The molecular weight excluding hydrogens is 369 g/mol. The van der Waals surface area contributed by atoms with Gasteiger partial charge in [0, 0.05) is 14.8 Å². The third-order valence-corrected chi connectivity index (χ3v) is 3.17. The lowest BCUT2D eigenvalue weighted by Crippen LogP contribution is -2.20. The van der Waals surface area contributed by atoms with Gasteiger partial charge in [0.25, 0.3) is 5.91 Å². The standard InChI is InChI=1S/C15H12INO3/c16-12-2-1-3-13(8-12)17-15(19)10-20-14-6-4-11(9-18)5-7-14/h1-9H,10H2,(H,17,19). The number of amides is 1. The number of carbonyl (C=O) groups excluding carboxylic acids is 2. The molecule has 2 rings (SSSR count). The number of hydrogen-bond donors (Lipinski definition) is 1. The summed E-state index contributed by atoms with van der Waals surface area (Å²) in [6.07, 6.45) is 0.757. The van der Waals surface area contributed by atoms with Crippen LogP contribution in [0.3, 0.4) is 0 Å². The molecule has 0 saturated heterocycles. The predicted octanol–water partition coefficient (Wildman–Crippen LogP) is 3.12. The Morgan fingerprint density at radius 1 is 1.20 bits per heavy atom. The summed E-state index contributed by atoms with van der Waals surface area (Å²) in [5.41, 5.74) is 1.31. The first-order valence-corrected chi connectivity index (χ1v) is 6.99. The monoisotopic (exact) mass is 381 g/mol. The van der Waals surface area contributed by atoms with Crippen LogP contribution < -0.4 is 10.1 Å². The number of carbonyl (C=O) groups is 2. The van der Waals surface area contributed by atoms with Crippen molar-refractivity contribution in [3.8, 4) is 5.75 Å². The minimum Gasteiger partial charge on any atom is -0.484 e. The van der Waals surface area contributed by atoms with Gasteiger partial charge in [-0.1, -0.05) is 6.07 Å². The van der Waals surface area contributed by atoms with E-state index < -0.39 is 0 Å². The van der Waals surface area contributed by atoms with Gasteiger partial charge in [0.2, 0.25) is 0 Å². The molecule has 0 saturated carbocycles. The summed E-state index contributed by atoms with van der Waals surface area (Å²) in [6.45, 7) is -0.0775. The highest BCUT2D eigenvalue weighted by Gasteiger charge is 2.04. The molecule has 0 radical (unpaired) electrons. The third-order valence-electron chi connectivity index (χ3n) is 2.49. The SMILES string of the molecule is O=Cc1ccc(OCC(=O)Nc2cccc(I)c2)cc1. The number of hydrogen-bond acceptors (Lipinski definition) is 3. The smallest absolute Gasteiger partial charge is 0.262 e. The molecule has 0 spiro atoms. The molecule has 0 atom stereocenters. The van der Waals surface area contributed by atoms with E-state index in [2.05, 4.69) is 27.9 Å². The lowest BCUT2D eigenvalue weighted by atomic mass is 10.2. The van der Waals surface area contributed by atoms with E-state index in [1.54, 1.807) is 24.3 Å². The molecule has 20 heavy (non-hydrogen) atoms. The normalized spacial score (nSPS) is 9.85. The molecule has 0 heterocycles. The van der Waals surface area contributed by atoms with Crippen LogP contribution in [0.25, 0.3) is 0 Å². The van der Waals surface area contributed by atoms with Gasteiger partial charge in [0.15, 0.2) is 6.61 Å². The summed E-state index contributed by atoms with van der Waals surface area (Å²) < 4.78 is 6.39. The molecule has 0 aliphatic carbocycles. The summed E-state index contributed by atoms with van der Waals surface area (Å²) in [6, 6.07) is 14.1. The van der Waals surface area contributed by atoms with Crippen LogP contribution in [0.15, 0.2) is 48.5 Å². The second-order valence-corrected chi connectivity index (χ2v) is 5.28. The summed E-state index contributed by atoms with van der Waals surface area (Å²) in [7, 11) is 0. The highest BCUT2D eigenvalue weighted by molar-refractivity contribution is 14.1. The molecule has 0 aromatic heterocycles. The quantitative estimate of drug-likeness (QED) is 0.640. The zero-order valence-electron chi connectivity index (χ0n) is 10.5. The van der Waals surface area contributed by atoms with E-state index in [1.807, 2.05) is 24.3 Å². The summed E-state index contributed by atoms with van der Waals surface area (Å²) in [5, 5.41) is 2.75. The fraction of sp³-hybridized carbons (Fsp3) is 0.0667. The Balaban J connectivity index is 1.87. The molecule has 2 aromatic rings. The average Bonchev–Trinajstić information content (AvgIpc) is 2.46. The average molecular weight is 381 g/mol. The maximum Gasteiger partial charge on any atom is 0.262 e. The van der Waals surface area contributed by atoms with Crippen molar-refractivity contribution in [2.24, 2.45) is 0 Å². The lowest BCUT2D eigenvalue weighted by Gasteiger charge is -2.07. The van der Waals surface area contributed by atoms with Gasteiger partial charge in [-0.3, -0.25) is 9.59 Å². The molecule has 0 fully saturated rings. The molecule has 102 valence electrons. The van der Waals surface area contributed by atoms with Gasteiger partial charge in [-0.05, 0) is 65.1 Å². The van der Waals surface area contributed by atoms with E-state index in [1.165, 1.54) is 0 Å². The summed E-state index contributed by atoms with van der Waals surface area (Å²) in [4.78, 5) is 22.2. The zero-order chi connectivity index (χ0) is 14.4. The maximum atomic E-state index is 11.7. The highest BCUT2D eigenvalue weighted by atomic mass is 127. The Morgan fingerprint density at radius 2 is 1.95 bits per heavy atom. The van der Waals surface area contributed by atoms with E-state index >= 15 is 0 Å². The molecular formula is C15H12INO3. The molecule has 0 aliphatic heterocycles. The Kier molecular flexibility index (Phi) is 5.11. The van der Waals surface area contributed by atoms with Crippen LogP contribution in [-0.2, 0) is 4.79 Å². The lowest BCUT2D eigenvalue weighted by molar-refractivity contribution is -0.118. The Bertz CT molecular complexity index is 611. The van der Waals surface area contributed by atoms with Crippen molar-refractivity contribution in [1.29, 1.82) is 0 Å². The number of halogens is 1. The van der Waals surface area contributed by atoms with Gasteiger partial charge < -0.3 is 10.1 Å².